The van der Waals surface area contributed by atoms with Crippen LogP contribution < -0.4 is 11.1 Å². The van der Waals surface area contributed by atoms with Gasteiger partial charge in [-0.25, -0.2) is 0 Å². The van der Waals surface area contributed by atoms with Crippen LogP contribution in [0.2, 0.25) is 0 Å². The van der Waals surface area contributed by atoms with Crippen molar-refractivity contribution < 1.29 is 9.53 Å². The summed E-state index contributed by atoms with van der Waals surface area (Å²) in [7, 11) is 0. The summed E-state index contributed by atoms with van der Waals surface area (Å²) in [4.78, 5) is 12.1. The highest BCUT2D eigenvalue weighted by molar-refractivity contribution is 5.85. The zero-order chi connectivity index (χ0) is 14.4. The molecule has 2 fully saturated rings. The monoisotopic (exact) mass is 318 g/mol. The van der Waals surface area contributed by atoms with E-state index in [-0.39, 0.29) is 24.2 Å². The fourth-order valence-electron chi connectivity index (χ4n) is 3.71. The predicted molar refractivity (Wildman–Crippen MR) is 87.5 cm³/mol. The topological polar surface area (TPSA) is 64.3 Å². The lowest BCUT2D eigenvalue weighted by molar-refractivity contribution is -0.126. The van der Waals surface area contributed by atoms with E-state index in [0.29, 0.717) is 37.6 Å². The number of carbonyl (C=O) groups excluding carboxylic acids is 1. The SMILES string of the molecule is CC1CCCCC1OCCNC(=O)[C@@H]1CCC[C@@H]1CN.Cl. The maximum absolute atomic E-state index is 12.1. The molecule has 0 aromatic carbocycles. The third-order valence-corrected chi connectivity index (χ3v) is 5.06. The van der Waals surface area contributed by atoms with Crippen molar-refractivity contribution in [2.24, 2.45) is 23.5 Å². The summed E-state index contributed by atoms with van der Waals surface area (Å²) in [6.45, 7) is 4.18. The second-order valence-electron chi connectivity index (χ2n) is 6.50. The van der Waals surface area contributed by atoms with E-state index < -0.39 is 0 Å². The Balaban J connectivity index is 0.00000220. The first-order valence-corrected chi connectivity index (χ1v) is 8.31. The fourth-order valence-corrected chi connectivity index (χ4v) is 3.71. The number of amides is 1. The quantitative estimate of drug-likeness (QED) is 0.740. The summed E-state index contributed by atoms with van der Waals surface area (Å²) >= 11 is 0. The molecule has 4 atom stereocenters. The number of carbonyl (C=O) groups is 1. The van der Waals surface area contributed by atoms with E-state index in [1.807, 2.05) is 0 Å². The Morgan fingerprint density at radius 1 is 1.19 bits per heavy atom. The molecule has 2 saturated carbocycles. The molecule has 2 aliphatic carbocycles. The van der Waals surface area contributed by atoms with Gasteiger partial charge in [0.25, 0.3) is 0 Å². The molecule has 21 heavy (non-hydrogen) atoms. The van der Waals surface area contributed by atoms with Gasteiger partial charge in [-0.05, 0) is 44.1 Å². The van der Waals surface area contributed by atoms with Gasteiger partial charge in [0, 0.05) is 12.5 Å². The summed E-state index contributed by atoms with van der Waals surface area (Å²) < 4.78 is 5.92. The normalized spacial score (nSPS) is 32.5. The minimum atomic E-state index is 0. The number of rotatable bonds is 6. The molecular formula is C16H31ClN2O2. The Labute approximate surface area is 135 Å². The second-order valence-corrected chi connectivity index (χ2v) is 6.50. The van der Waals surface area contributed by atoms with E-state index in [1.165, 1.54) is 25.7 Å². The van der Waals surface area contributed by atoms with Crippen LogP contribution in [0.1, 0.15) is 51.9 Å². The Bertz CT molecular complexity index is 315. The molecule has 0 spiro atoms. The average Bonchev–Trinajstić information content (AvgIpc) is 2.93. The molecule has 2 aliphatic rings. The van der Waals surface area contributed by atoms with Crippen LogP contribution >= 0.6 is 12.4 Å². The average molecular weight is 319 g/mol. The van der Waals surface area contributed by atoms with E-state index in [2.05, 4.69) is 12.2 Å². The lowest BCUT2D eigenvalue weighted by Crippen LogP contribution is -2.37. The van der Waals surface area contributed by atoms with Crippen molar-refractivity contribution in [3.05, 3.63) is 0 Å². The first-order chi connectivity index (χ1) is 9.72. The molecule has 0 radical (unpaired) electrons. The van der Waals surface area contributed by atoms with Crippen LogP contribution in [0, 0.1) is 17.8 Å². The van der Waals surface area contributed by atoms with Crippen LogP contribution in [0.3, 0.4) is 0 Å². The Kier molecular flexibility index (Phi) is 8.60. The Hall–Kier alpha value is -0.320. The van der Waals surface area contributed by atoms with Gasteiger partial charge in [0.1, 0.15) is 0 Å². The van der Waals surface area contributed by atoms with E-state index >= 15 is 0 Å². The number of hydrogen-bond acceptors (Lipinski definition) is 3. The molecule has 124 valence electrons. The van der Waals surface area contributed by atoms with Crippen LogP contribution in [-0.2, 0) is 9.53 Å². The van der Waals surface area contributed by atoms with Crippen molar-refractivity contribution in [1.82, 2.24) is 5.32 Å². The van der Waals surface area contributed by atoms with Gasteiger partial charge in [0.2, 0.25) is 5.91 Å². The molecule has 0 aromatic rings. The van der Waals surface area contributed by atoms with Gasteiger partial charge in [-0.15, -0.1) is 12.4 Å². The van der Waals surface area contributed by atoms with Crippen molar-refractivity contribution in [1.29, 1.82) is 0 Å². The number of nitrogens with one attached hydrogen (secondary N) is 1. The van der Waals surface area contributed by atoms with Crippen molar-refractivity contribution in [3.63, 3.8) is 0 Å². The first-order valence-electron chi connectivity index (χ1n) is 8.31. The number of halogens is 1. The molecular weight excluding hydrogens is 288 g/mol. The summed E-state index contributed by atoms with van der Waals surface area (Å²) in [5, 5.41) is 3.02. The minimum Gasteiger partial charge on any atom is -0.376 e. The molecule has 4 nitrogen and oxygen atoms in total. The third-order valence-electron chi connectivity index (χ3n) is 5.06. The van der Waals surface area contributed by atoms with E-state index in [1.54, 1.807) is 0 Å². The standard InChI is InChI=1S/C16H30N2O2.ClH/c1-12-5-2-3-8-15(12)20-10-9-18-16(19)14-7-4-6-13(14)11-17;/h12-15H,2-11,17H2,1H3,(H,18,19);1H/t12?,13-,14-,15?;/m1./s1. The van der Waals surface area contributed by atoms with Crippen molar-refractivity contribution >= 4 is 18.3 Å². The molecule has 1 amide bonds. The lowest BCUT2D eigenvalue weighted by Gasteiger charge is -2.28. The molecule has 2 unspecified atom stereocenters. The van der Waals surface area contributed by atoms with Crippen molar-refractivity contribution in [3.8, 4) is 0 Å². The Morgan fingerprint density at radius 2 is 1.95 bits per heavy atom. The summed E-state index contributed by atoms with van der Waals surface area (Å²) in [5.74, 6) is 1.36. The zero-order valence-electron chi connectivity index (χ0n) is 13.2. The molecule has 3 N–H and O–H groups in total. The largest absolute Gasteiger partial charge is 0.376 e. The van der Waals surface area contributed by atoms with Gasteiger partial charge in [-0.3, -0.25) is 4.79 Å². The molecule has 0 aliphatic heterocycles. The summed E-state index contributed by atoms with van der Waals surface area (Å²) in [6.07, 6.45) is 8.68. The highest BCUT2D eigenvalue weighted by Crippen LogP contribution is 2.31. The van der Waals surface area contributed by atoms with Crippen LogP contribution in [0.15, 0.2) is 0 Å². The van der Waals surface area contributed by atoms with Crippen LogP contribution in [-0.4, -0.2) is 31.7 Å². The maximum atomic E-state index is 12.1. The van der Waals surface area contributed by atoms with E-state index in [0.717, 1.165) is 19.3 Å². The Morgan fingerprint density at radius 3 is 2.67 bits per heavy atom. The number of hydrogen-bond donors (Lipinski definition) is 2. The van der Waals surface area contributed by atoms with Gasteiger partial charge >= 0.3 is 0 Å². The fraction of sp³-hybridized carbons (Fsp3) is 0.938. The molecule has 0 aromatic heterocycles. The highest BCUT2D eigenvalue weighted by Gasteiger charge is 2.31. The number of nitrogens with two attached hydrogens (primary N) is 1. The minimum absolute atomic E-state index is 0. The molecule has 0 saturated heterocycles. The lowest BCUT2D eigenvalue weighted by atomic mass is 9.88. The van der Waals surface area contributed by atoms with Gasteiger partial charge in [0.15, 0.2) is 0 Å². The van der Waals surface area contributed by atoms with Crippen LogP contribution in [0.4, 0.5) is 0 Å². The van der Waals surface area contributed by atoms with Crippen LogP contribution in [0.5, 0.6) is 0 Å². The molecule has 0 bridgehead atoms. The molecule has 2 rings (SSSR count). The van der Waals surface area contributed by atoms with Crippen molar-refractivity contribution in [2.75, 3.05) is 19.7 Å². The van der Waals surface area contributed by atoms with Crippen molar-refractivity contribution in [2.45, 2.75) is 58.0 Å². The number of ether oxygens (including phenoxy) is 1. The van der Waals surface area contributed by atoms with E-state index in [4.69, 9.17) is 10.5 Å². The maximum Gasteiger partial charge on any atom is 0.223 e. The molecule has 0 heterocycles. The highest BCUT2D eigenvalue weighted by atomic mass is 35.5. The summed E-state index contributed by atoms with van der Waals surface area (Å²) in [5.41, 5.74) is 5.72. The van der Waals surface area contributed by atoms with Gasteiger partial charge in [-0.1, -0.05) is 26.2 Å². The second kappa shape index (κ2) is 9.65. The van der Waals surface area contributed by atoms with Gasteiger partial charge in [-0.2, -0.15) is 0 Å². The summed E-state index contributed by atoms with van der Waals surface area (Å²) in [6, 6.07) is 0. The molecule has 5 heteroatoms. The van der Waals surface area contributed by atoms with Gasteiger partial charge < -0.3 is 15.8 Å². The predicted octanol–water partition coefficient (Wildman–Crippen LogP) is 2.49. The van der Waals surface area contributed by atoms with Crippen LogP contribution in [0.25, 0.3) is 0 Å². The zero-order valence-corrected chi connectivity index (χ0v) is 14.0. The third kappa shape index (κ3) is 5.42. The van der Waals surface area contributed by atoms with E-state index in [9.17, 15) is 4.79 Å². The van der Waals surface area contributed by atoms with Gasteiger partial charge in [0.05, 0.1) is 12.7 Å². The first kappa shape index (κ1) is 18.7. The smallest absolute Gasteiger partial charge is 0.223 e.